The van der Waals surface area contributed by atoms with Crippen molar-refractivity contribution in [3.8, 4) is 0 Å². The lowest BCUT2D eigenvalue weighted by Crippen LogP contribution is -2.02. The van der Waals surface area contributed by atoms with Gasteiger partial charge in [-0.25, -0.2) is 14.8 Å². The van der Waals surface area contributed by atoms with Crippen LogP contribution in [0.5, 0.6) is 0 Å². The Morgan fingerprint density at radius 1 is 1.62 bits per heavy atom. The second kappa shape index (κ2) is 2.97. The summed E-state index contributed by atoms with van der Waals surface area (Å²) in [6.45, 7) is 0. The van der Waals surface area contributed by atoms with E-state index in [-0.39, 0.29) is 5.97 Å². The molecule has 2 rings (SSSR count). The van der Waals surface area contributed by atoms with Crippen LogP contribution < -0.4 is 0 Å². The van der Waals surface area contributed by atoms with Gasteiger partial charge in [-0.3, -0.25) is 0 Å². The van der Waals surface area contributed by atoms with Gasteiger partial charge in [0.1, 0.15) is 0 Å². The van der Waals surface area contributed by atoms with Gasteiger partial charge in [-0.2, -0.15) is 0 Å². The minimum absolute atomic E-state index is 0.359. The van der Waals surface area contributed by atoms with Crippen LogP contribution in [0, 0.1) is 0 Å². The number of aromatic nitrogens is 1. The van der Waals surface area contributed by atoms with Crippen molar-refractivity contribution < 1.29 is 9.53 Å². The molecule has 13 heavy (non-hydrogen) atoms. The highest BCUT2D eigenvalue weighted by Crippen LogP contribution is 2.21. The van der Waals surface area contributed by atoms with E-state index in [4.69, 9.17) is 0 Å². The molecule has 66 valence electrons. The topological polar surface area (TPSA) is 51.5 Å². The van der Waals surface area contributed by atoms with Crippen LogP contribution in [-0.2, 0) is 11.2 Å². The van der Waals surface area contributed by atoms with Gasteiger partial charge < -0.3 is 4.74 Å². The maximum Gasteiger partial charge on any atom is 0.339 e. The Hall–Kier alpha value is -1.71. The quantitative estimate of drug-likeness (QED) is 0.602. The van der Waals surface area contributed by atoms with Gasteiger partial charge in [-0.05, 0) is 6.07 Å². The number of rotatable bonds is 1. The highest BCUT2D eigenvalue weighted by molar-refractivity contribution is 5.90. The number of ether oxygens (including phenoxy) is 1. The van der Waals surface area contributed by atoms with Crippen molar-refractivity contribution in [2.75, 3.05) is 7.11 Å². The molecule has 1 aliphatic heterocycles. The number of carbonyl (C=O) groups excluding carboxylic acids is 1. The van der Waals surface area contributed by atoms with Crippen molar-refractivity contribution >= 4 is 18.0 Å². The zero-order valence-electron chi connectivity index (χ0n) is 7.15. The van der Waals surface area contributed by atoms with Crippen LogP contribution in [0.3, 0.4) is 0 Å². The average molecular weight is 176 g/mol. The van der Waals surface area contributed by atoms with Gasteiger partial charge in [0.05, 0.1) is 12.7 Å². The SMILES string of the molecule is COC(=O)c1cnc2c(c1)CC=N2. The van der Waals surface area contributed by atoms with E-state index in [1.54, 1.807) is 12.3 Å². The van der Waals surface area contributed by atoms with Gasteiger partial charge in [0, 0.05) is 24.4 Å². The van der Waals surface area contributed by atoms with Crippen LogP contribution in [-0.4, -0.2) is 24.3 Å². The molecule has 0 N–H and O–H groups in total. The Morgan fingerprint density at radius 2 is 2.46 bits per heavy atom. The lowest BCUT2D eigenvalue weighted by atomic mass is 10.1. The molecule has 0 unspecified atom stereocenters. The van der Waals surface area contributed by atoms with Crippen molar-refractivity contribution in [3.63, 3.8) is 0 Å². The molecular weight excluding hydrogens is 168 g/mol. The van der Waals surface area contributed by atoms with Gasteiger partial charge in [0.25, 0.3) is 0 Å². The van der Waals surface area contributed by atoms with Gasteiger partial charge in [-0.1, -0.05) is 0 Å². The van der Waals surface area contributed by atoms with E-state index in [9.17, 15) is 4.79 Å². The summed E-state index contributed by atoms with van der Waals surface area (Å²) >= 11 is 0. The molecule has 1 aliphatic rings. The van der Waals surface area contributed by atoms with Crippen LogP contribution in [0.2, 0.25) is 0 Å². The van der Waals surface area contributed by atoms with Crippen LogP contribution >= 0.6 is 0 Å². The number of nitrogens with zero attached hydrogens (tertiary/aromatic N) is 2. The molecule has 4 nitrogen and oxygen atoms in total. The molecule has 0 saturated heterocycles. The Labute approximate surface area is 75.3 Å². The highest BCUT2D eigenvalue weighted by Gasteiger charge is 2.12. The first-order valence-electron chi connectivity index (χ1n) is 3.91. The fourth-order valence-electron chi connectivity index (χ4n) is 1.23. The summed E-state index contributed by atoms with van der Waals surface area (Å²) in [7, 11) is 1.35. The Kier molecular flexibility index (Phi) is 1.81. The van der Waals surface area contributed by atoms with Crippen LogP contribution in [0.25, 0.3) is 0 Å². The smallest absolute Gasteiger partial charge is 0.339 e. The average Bonchev–Trinajstić information content (AvgIpc) is 2.63. The number of hydrogen-bond donors (Lipinski definition) is 0. The minimum Gasteiger partial charge on any atom is -0.465 e. The summed E-state index contributed by atoms with van der Waals surface area (Å²) in [5.41, 5.74) is 1.45. The van der Waals surface area contributed by atoms with Crippen molar-refractivity contribution in [2.24, 2.45) is 4.99 Å². The summed E-state index contributed by atoms with van der Waals surface area (Å²) in [5.74, 6) is 0.342. The summed E-state index contributed by atoms with van der Waals surface area (Å²) in [6, 6.07) is 1.77. The van der Waals surface area contributed by atoms with Gasteiger partial charge in [0.2, 0.25) is 0 Å². The second-order valence-electron chi connectivity index (χ2n) is 2.71. The molecular formula is C9H8N2O2. The largest absolute Gasteiger partial charge is 0.465 e. The monoisotopic (exact) mass is 176 g/mol. The molecule has 4 heteroatoms. The van der Waals surface area contributed by atoms with Crippen LogP contribution in [0.1, 0.15) is 15.9 Å². The third kappa shape index (κ3) is 1.30. The van der Waals surface area contributed by atoms with Crippen LogP contribution in [0.4, 0.5) is 5.82 Å². The predicted molar refractivity (Wildman–Crippen MR) is 47.4 cm³/mol. The van der Waals surface area contributed by atoms with E-state index in [0.29, 0.717) is 11.4 Å². The maximum atomic E-state index is 11.1. The molecule has 0 saturated carbocycles. The van der Waals surface area contributed by atoms with E-state index in [1.165, 1.54) is 13.3 Å². The first-order valence-corrected chi connectivity index (χ1v) is 3.91. The van der Waals surface area contributed by atoms with E-state index in [1.807, 2.05) is 0 Å². The number of hydrogen-bond acceptors (Lipinski definition) is 4. The Morgan fingerprint density at radius 3 is 3.23 bits per heavy atom. The fourth-order valence-corrected chi connectivity index (χ4v) is 1.23. The van der Waals surface area contributed by atoms with Crippen molar-refractivity contribution in [3.05, 3.63) is 23.4 Å². The number of fused-ring (bicyclic) bond motifs is 1. The van der Waals surface area contributed by atoms with E-state index >= 15 is 0 Å². The predicted octanol–water partition coefficient (Wildman–Crippen LogP) is 1.13. The lowest BCUT2D eigenvalue weighted by molar-refractivity contribution is 0.0600. The zero-order chi connectivity index (χ0) is 9.26. The normalized spacial score (nSPS) is 12.7. The molecule has 1 aromatic heterocycles. The molecule has 0 aromatic carbocycles. The Bertz CT molecular complexity index is 385. The standard InChI is InChI=1S/C9H8N2O2/c1-13-9(12)7-4-6-2-3-10-8(6)11-5-7/h3-5H,2H2,1H3. The van der Waals surface area contributed by atoms with Crippen molar-refractivity contribution in [2.45, 2.75) is 6.42 Å². The number of carbonyl (C=O) groups is 1. The fraction of sp³-hybridized carbons (Fsp3) is 0.222. The molecule has 0 amide bonds. The third-order valence-corrected chi connectivity index (χ3v) is 1.89. The summed E-state index contributed by atoms with van der Waals surface area (Å²) < 4.78 is 4.58. The first-order chi connectivity index (χ1) is 6.31. The number of esters is 1. The molecule has 0 spiro atoms. The molecule has 0 atom stereocenters. The number of aliphatic imine (C=N–C) groups is 1. The molecule has 1 aromatic rings. The minimum atomic E-state index is -0.359. The molecule has 0 aliphatic carbocycles. The molecule has 2 heterocycles. The second-order valence-corrected chi connectivity index (χ2v) is 2.71. The molecule has 0 radical (unpaired) electrons. The van der Waals surface area contributed by atoms with E-state index in [2.05, 4.69) is 14.7 Å². The highest BCUT2D eigenvalue weighted by atomic mass is 16.5. The summed E-state index contributed by atoms with van der Waals surface area (Å²) in [6.07, 6.45) is 4.00. The molecule has 0 bridgehead atoms. The van der Waals surface area contributed by atoms with Crippen LogP contribution in [0.15, 0.2) is 17.3 Å². The number of methoxy groups -OCH3 is 1. The zero-order valence-corrected chi connectivity index (χ0v) is 7.15. The third-order valence-electron chi connectivity index (χ3n) is 1.89. The molecule has 0 fully saturated rings. The van der Waals surface area contributed by atoms with Gasteiger partial charge >= 0.3 is 5.97 Å². The van der Waals surface area contributed by atoms with Crippen molar-refractivity contribution in [1.82, 2.24) is 4.98 Å². The maximum absolute atomic E-state index is 11.1. The van der Waals surface area contributed by atoms with Gasteiger partial charge in [0.15, 0.2) is 5.82 Å². The van der Waals surface area contributed by atoms with E-state index in [0.717, 1.165) is 12.0 Å². The van der Waals surface area contributed by atoms with Gasteiger partial charge in [-0.15, -0.1) is 0 Å². The summed E-state index contributed by atoms with van der Waals surface area (Å²) in [4.78, 5) is 19.2. The Balaban J connectivity index is 2.38. The number of pyridine rings is 1. The lowest BCUT2D eigenvalue weighted by Gasteiger charge is -2.00. The van der Waals surface area contributed by atoms with E-state index < -0.39 is 0 Å². The van der Waals surface area contributed by atoms with Crippen molar-refractivity contribution in [1.29, 1.82) is 0 Å². The summed E-state index contributed by atoms with van der Waals surface area (Å²) in [5, 5.41) is 0. The first kappa shape index (κ1) is 7.91.